The summed E-state index contributed by atoms with van der Waals surface area (Å²) >= 11 is 0. The molecule has 0 radical (unpaired) electrons. The third kappa shape index (κ3) is 2.51. The van der Waals surface area contributed by atoms with E-state index in [0.717, 1.165) is 0 Å². The Morgan fingerprint density at radius 1 is 1.56 bits per heavy atom. The van der Waals surface area contributed by atoms with Gasteiger partial charge in [-0.05, 0) is 18.6 Å². The number of rotatable bonds is 4. The second-order valence-electron chi connectivity index (χ2n) is 3.79. The lowest BCUT2D eigenvalue weighted by molar-refractivity contribution is 0.379. The Kier molecular flexibility index (Phi) is 3.90. The maximum atomic E-state index is 10.4. The quantitative estimate of drug-likeness (QED) is 0.410. The monoisotopic (exact) mass is 216 g/mol. The van der Waals surface area contributed by atoms with Crippen molar-refractivity contribution in [2.75, 3.05) is 0 Å². The van der Waals surface area contributed by atoms with E-state index in [1.165, 1.54) is 12.2 Å². The van der Waals surface area contributed by atoms with Gasteiger partial charge < -0.3 is 0 Å². The third-order valence-electron chi connectivity index (χ3n) is 2.59. The largest absolute Gasteiger partial charge is 0.240 e. The van der Waals surface area contributed by atoms with Crippen LogP contribution >= 0.6 is 0 Å². The Morgan fingerprint density at radius 2 is 2.31 bits per heavy atom. The van der Waals surface area contributed by atoms with Crippen LogP contribution in [0.15, 0.2) is 46.6 Å². The third-order valence-corrected chi connectivity index (χ3v) is 2.59. The summed E-state index contributed by atoms with van der Waals surface area (Å²) in [5.74, 6) is 0. The number of nitrogens with zero attached hydrogens (tertiary/aromatic N) is 2. The molecule has 82 valence electrons. The van der Waals surface area contributed by atoms with Gasteiger partial charge in [0.2, 0.25) is 12.2 Å². The molecule has 1 aliphatic carbocycles. The minimum Gasteiger partial charge on any atom is -0.211 e. The molecule has 4 heteroatoms. The van der Waals surface area contributed by atoms with E-state index < -0.39 is 0 Å². The van der Waals surface area contributed by atoms with E-state index in [9.17, 15) is 9.59 Å². The highest BCUT2D eigenvalue weighted by atomic mass is 16.1. The molecule has 0 heterocycles. The lowest BCUT2D eigenvalue weighted by Crippen LogP contribution is -2.29. The van der Waals surface area contributed by atoms with Crippen LogP contribution in [0.25, 0.3) is 0 Å². The summed E-state index contributed by atoms with van der Waals surface area (Å²) in [5, 5.41) is 0. The van der Waals surface area contributed by atoms with Crippen molar-refractivity contribution < 1.29 is 9.59 Å². The molecular formula is C12H12N2O2. The second-order valence-corrected chi connectivity index (χ2v) is 3.79. The van der Waals surface area contributed by atoms with Gasteiger partial charge in [-0.15, -0.1) is 6.58 Å². The van der Waals surface area contributed by atoms with Crippen molar-refractivity contribution in [3.05, 3.63) is 36.6 Å². The summed E-state index contributed by atoms with van der Waals surface area (Å²) in [4.78, 5) is 27.7. The fourth-order valence-corrected chi connectivity index (χ4v) is 1.65. The molecule has 0 spiro atoms. The van der Waals surface area contributed by atoms with Gasteiger partial charge in [0.05, 0.1) is 11.7 Å². The first kappa shape index (κ1) is 12.1. The molecule has 0 saturated carbocycles. The zero-order valence-corrected chi connectivity index (χ0v) is 9.01. The summed E-state index contributed by atoms with van der Waals surface area (Å²) in [6, 6.07) is -0.375. The molecule has 0 aromatic heterocycles. The molecule has 0 bridgehead atoms. The second kappa shape index (κ2) is 5.17. The van der Waals surface area contributed by atoms with Crippen LogP contribution in [0, 0.1) is 5.41 Å². The first-order valence-corrected chi connectivity index (χ1v) is 4.83. The smallest absolute Gasteiger partial charge is 0.211 e. The molecule has 0 aromatic carbocycles. The van der Waals surface area contributed by atoms with Crippen molar-refractivity contribution in [1.82, 2.24) is 0 Å². The topological polar surface area (TPSA) is 58.9 Å². The lowest BCUT2D eigenvalue weighted by atomic mass is 9.76. The van der Waals surface area contributed by atoms with Gasteiger partial charge in [0, 0.05) is 5.41 Å². The number of aliphatic imine (C=N–C) groups is 2. The van der Waals surface area contributed by atoms with Crippen molar-refractivity contribution in [2.24, 2.45) is 15.4 Å². The lowest BCUT2D eigenvalue weighted by Gasteiger charge is -2.31. The van der Waals surface area contributed by atoms with Gasteiger partial charge in [-0.2, -0.15) is 9.98 Å². The van der Waals surface area contributed by atoms with Gasteiger partial charge in [-0.3, -0.25) is 0 Å². The molecule has 2 unspecified atom stereocenters. The Labute approximate surface area is 93.8 Å². The minimum atomic E-state index is -0.375. The van der Waals surface area contributed by atoms with Crippen molar-refractivity contribution in [3.63, 3.8) is 0 Å². The molecule has 0 saturated heterocycles. The van der Waals surface area contributed by atoms with Crippen LogP contribution in [0.5, 0.6) is 0 Å². The average molecular weight is 216 g/mol. The minimum absolute atomic E-state index is 0.318. The zero-order valence-electron chi connectivity index (χ0n) is 9.01. The van der Waals surface area contributed by atoms with Crippen molar-refractivity contribution >= 4 is 12.2 Å². The van der Waals surface area contributed by atoms with E-state index in [-0.39, 0.29) is 11.5 Å². The molecule has 0 amide bonds. The fraction of sp³-hybridized carbons (Fsp3) is 0.333. The fourth-order valence-electron chi connectivity index (χ4n) is 1.65. The van der Waals surface area contributed by atoms with Gasteiger partial charge >= 0.3 is 0 Å². The molecule has 0 aromatic rings. The molecule has 0 N–H and O–H groups in total. The van der Waals surface area contributed by atoms with E-state index >= 15 is 0 Å². The van der Waals surface area contributed by atoms with Crippen LogP contribution in [0.1, 0.15) is 13.3 Å². The van der Waals surface area contributed by atoms with E-state index in [0.29, 0.717) is 12.1 Å². The Bertz CT molecular complexity index is 438. The van der Waals surface area contributed by atoms with E-state index in [4.69, 9.17) is 0 Å². The maximum Gasteiger partial charge on any atom is 0.240 e. The number of carbonyl (C=O) groups excluding carboxylic acids is 2. The molecule has 2 atom stereocenters. The molecule has 0 aliphatic heterocycles. The Morgan fingerprint density at radius 3 is 2.88 bits per heavy atom. The molecule has 16 heavy (non-hydrogen) atoms. The molecule has 4 nitrogen and oxygen atoms in total. The molecule has 0 fully saturated rings. The number of isocyanates is 2. The standard InChI is InChI=1S/C12H12N2O2/c1-3-5-12(2)6-4-10(13-8-15)7-11(12)14-9-16/h3-4,6-7,11H,1,5H2,2H3. The highest BCUT2D eigenvalue weighted by molar-refractivity contribution is 5.43. The summed E-state index contributed by atoms with van der Waals surface area (Å²) in [7, 11) is 0. The first-order valence-electron chi connectivity index (χ1n) is 4.83. The van der Waals surface area contributed by atoms with E-state index in [1.54, 1.807) is 18.2 Å². The van der Waals surface area contributed by atoms with Gasteiger partial charge in [-0.1, -0.05) is 19.1 Å². The van der Waals surface area contributed by atoms with Crippen LogP contribution in [-0.2, 0) is 9.59 Å². The van der Waals surface area contributed by atoms with Gasteiger partial charge in [0.15, 0.2) is 0 Å². The number of allylic oxidation sites excluding steroid dienone is 2. The summed E-state index contributed by atoms with van der Waals surface area (Å²) in [5.41, 5.74) is 0.140. The number of hydrogen-bond donors (Lipinski definition) is 0. The van der Waals surface area contributed by atoms with Crippen LogP contribution in [-0.4, -0.2) is 18.2 Å². The average Bonchev–Trinajstić information content (AvgIpc) is 2.25. The van der Waals surface area contributed by atoms with Crippen molar-refractivity contribution in [1.29, 1.82) is 0 Å². The Balaban J connectivity index is 3.10. The predicted molar refractivity (Wildman–Crippen MR) is 60.2 cm³/mol. The van der Waals surface area contributed by atoms with E-state index in [2.05, 4.69) is 16.6 Å². The number of hydrogen-bond acceptors (Lipinski definition) is 4. The highest BCUT2D eigenvalue weighted by Gasteiger charge is 2.31. The summed E-state index contributed by atoms with van der Waals surface area (Å²) < 4.78 is 0. The van der Waals surface area contributed by atoms with Crippen LogP contribution < -0.4 is 0 Å². The van der Waals surface area contributed by atoms with Gasteiger partial charge in [0.25, 0.3) is 0 Å². The van der Waals surface area contributed by atoms with Gasteiger partial charge in [-0.25, -0.2) is 9.59 Å². The zero-order chi connectivity index (χ0) is 12.0. The van der Waals surface area contributed by atoms with Crippen LogP contribution in [0.2, 0.25) is 0 Å². The molecular weight excluding hydrogens is 204 g/mol. The molecule has 1 aliphatic rings. The van der Waals surface area contributed by atoms with E-state index in [1.807, 2.05) is 13.0 Å². The van der Waals surface area contributed by atoms with Crippen molar-refractivity contribution in [2.45, 2.75) is 19.4 Å². The highest BCUT2D eigenvalue weighted by Crippen LogP contribution is 2.35. The van der Waals surface area contributed by atoms with Gasteiger partial charge in [0.1, 0.15) is 0 Å². The van der Waals surface area contributed by atoms with Crippen molar-refractivity contribution in [3.8, 4) is 0 Å². The maximum absolute atomic E-state index is 10.4. The Hall–Kier alpha value is -2.02. The predicted octanol–water partition coefficient (Wildman–Crippen LogP) is 2.06. The van der Waals surface area contributed by atoms with Crippen LogP contribution in [0.4, 0.5) is 0 Å². The normalized spacial score (nSPS) is 27.3. The summed E-state index contributed by atoms with van der Waals surface area (Å²) in [6.45, 7) is 5.62. The van der Waals surface area contributed by atoms with Crippen LogP contribution in [0.3, 0.4) is 0 Å². The SMILES string of the molecule is C=CCC1(C)C=CC(N=C=O)=CC1N=C=O. The summed E-state index contributed by atoms with van der Waals surface area (Å²) in [6.07, 6.45) is 10.7. The first-order chi connectivity index (χ1) is 7.66. The molecule has 1 rings (SSSR count).